The number of thiophene rings is 1. The Kier molecular flexibility index (Phi) is 6.82. The number of piperidine rings is 1. The molecule has 1 fully saturated rings. The van der Waals surface area contributed by atoms with E-state index in [2.05, 4.69) is 38.0 Å². The number of hydrogen-bond acceptors (Lipinski definition) is 4. The molecule has 0 unspecified atom stereocenters. The third kappa shape index (κ3) is 5.21. The van der Waals surface area contributed by atoms with Crippen LogP contribution in [0.5, 0.6) is 0 Å². The van der Waals surface area contributed by atoms with E-state index in [0.29, 0.717) is 12.6 Å². The molecule has 2 N–H and O–H groups in total. The SMILES string of the molecule is CCOCCNC(=NC)NC1CCN(c2cccs2)CC1. The van der Waals surface area contributed by atoms with E-state index in [-0.39, 0.29) is 0 Å². The van der Waals surface area contributed by atoms with Crippen LogP contribution in [0.1, 0.15) is 19.8 Å². The molecule has 5 nitrogen and oxygen atoms in total. The normalized spacial score (nSPS) is 17.0. The number of anilines is 1. The van der Waals surface area contributed by atoms with Crippen LogP contribution in [0.25, 0.3) is 0 Å². The van der Waals surface area contributed by atoms with E-state index in [1.165, 1.54) is 5.00 Å². The summed E-state index contributed by atoms with van der Waals surface area (Å²) in [5.41, 5.74) is 0. The Hall–Kier alpha value is -1.27. The molecule has 1 aliphatic heterocycles. The van der Waals surface area contributed by atoms with Crippen LogP contribution in [0, 0.1) is 0 Å². The molecule has 21 heavy (non-hydrogen) atoms. The van der Waals surface area contributed by atoms with Crippen LogP contribution in [0.4, 0.5) is 5.00 Å². The summed E-state index contributed by atoms with van der Waals surface area (Å²) in [6.07, 6.45) is 2.29. The highest BCUT2D eigenvalue weighted by molar-refractivity contribution is 7.14. The molecule has 0 saturated carbocycles. The van der Waals surface area contributed by atoms with Gasteiger partial charge in [-0.25, -0.2) is 0 Å². The molecule has 2 heterocycles. The van der Waals surface area contributed by atoms with Gasteiger partial charge in [0.1, 0.15) is 0 Å². The van der Waals surface area contributed by atoms with E-state index in [4.69, 9.17) is 4.74 Å². The molecule has 1 aromatic heterocycles. The summed E-state index contributed by atoms with van der Waals surface area (Å²) in [6, 6.07) is 4.82. The fraction of sp³-hybridized carbons (Fsp3) is 0.667. The predicted octanol–water partition coefficient (Wildman–Crippen LogP) is 1.92. The summed E-state index contributed by atoms with van der Waals surface area (Å²) in [5, 5.41) is 10.3. The van der Waals surface area contributed by atoms with Crippen LogP contribution in [0.2, 0.25) is 0 Å². The third-order valence-electron chi connectivity index (χ3n) is 3.62. The number of ether oxygens (including phenoxy) is 1. The van der Waals surface area contributed by atoms with E-state index < -0.39 is 0 Å². The van der Waals surface area contributed by atoms with E-state index in [1.807, 2.05) is 25.3 Å². The van der Waals surface area contributed by atoms with Gasteiger partial charge >= 0.3 is 0 Å². The highest BCUT2D eigenvalue weighted by atomic mass is 32.1. The van der Waals surface area contributed by atoms with Gasteiger partial charge in [-0.05, 0) is 37.3 Å². The van der Waals surface area contributed by atoms with Gasteiger partial charge in [-0.1, -0.05) is 0 Å². The summed E-state index contributed by atoms with van der Waals surface area (Å²) < 4.78 is 5.32. The average molecular weight is 310 g/mol. The Morgan fingerprint density at radius 1 is 1.48 bits per heavy atom. The van der Waals surface area contributed by atoms with Crippen LogP contribution in [0.3, 0.4) is 0 Å². The lowest BCUT2D eigenvalue weighted by atomic mass is 10.1. The number of rotatable bonds is 6. The monoisotopic (exact) mass is 310 g/mol. The third-order valence-corrected chi connectivity index (χ3v) is 4.55. The van der Waals surface area contributed by atoms with Gasteiger partial charge in [0.15, 0.2) is 5.96 Å². The number of aliphatic imine (C=N–C) groups is 1. The zero-order chi connectivity index (χ0) is 14.9. The van der Waals surface area contributed by atoms with Crippen molar-refractivity contribution in [2.75, 3.05) is 44.8 Å². The molecule has 0 atom stereocenters. The standard InChI is InChI=1S/C15H26N4OS/c1-3-20-11-8-17-15(16-2)18-13-6-9-19(10-7-13)14-5-4-12-21-14/h4-5,12-13H,3,6-11H2,1-2H3,(H2,16,17,18). The van der Waals surface area contributed by atoms with Gasteiger partial charge in [0, 0.05) is 39.3 Å². The van der Waals surface area contributed by atoms with Crippen molar-refractivity contribution in [2.24, 2.45) is 4.99 Å². The molecule has 2 rings (SSSR count). The molecule has 118 valence electrons. The van der Waals surface area contributed by atoms with Crippen molar-refractivity contribution in [1.29, 1.82) is 0 Å². The second-order valence-electron chi connectivity index (χ2n) is 5.05. The first kappa shape index (κ1) is 16.1. The Balaban J connectivity index is 1.69. The number of guanidine groups is 1. The molecule has 0 amide bonds. The van der Waals surface area contributed by atoms with E-state index in [9.17, 15) is 0 Å². The highest BCUT2D eigenvalue weighted by Crippen LogP contribution is 2.24. The summed E-state index contributed by atoms with van der Waals surface area (Å²) in [7, 11) is 1.82. The Morgan fingerprint density at radius 3 is 2.90 bits per heavy atom. The van der Waals surface area contributed by atoms with Crippen molar-refractivity contribution >= 4 is 22.3 Å². The fourth-order valence-electron chi connectivity index (χ4n) is 2.47. The molecule has 0 radical (unpaired) electrons. The van der Waals surface area contributed by atoms with Gasteiger partial charge in [-0.3, -0.25) is 4.99 Å². The van der Waals surface area contributed by atoms with Crippen LogP contribution >= 0.6 is 11.3 Å². The highest BCUT2D eigenvalue weighted by Gasteiger charge is 2.20. The minimum absolute atomic E-state index is 0.500. The van der Waals surface area contributed by atoms with Crippen molar-refractivity contribution in [2.45, 2.75) is 25.8 Å². The molecular weight excluding hydrogens is 284 g/mol. The zero-order valence-electron chi connectivity index (χ0n) is 13.0. The van der Waals surface area contributed by atoms with Crippen LogP contribution in [-0.4, -0.2) is 51.9 Å². The van der Waals surface area contributed by atoms with Gasteiger partial charge in [0.2, 0.25) is 0 Å². The van der Waals surface area contributed by atoms with Crippen LogP contribution in [0.15, 0.2) is 22.5 Å². The maximum atomic E-state index is 5.32. The van der Waals surface area contributed by atoms with Gasteiger partial charge in [0.25, 0.3) is 0 Å². The topological polar surface area (TPSA) is 48.9 Å². The second-order valence-corrected chi connectivity index (χ2v) is 5.98. The Morgan fingerprint density at radius 2 is 2.29 bits per heavy atom. The summed E-state index contributed by atoms with van der Waals surface area (Å²) in [5.74, 6) is 0.879. The average Bonchev–Trinajstić information content (AvgIpc) is 3.05. The zero-order valence-corrected chi connectivity index (χ0v) is 13.8. The van der Waals surface area contributed by atoms with Crippen molar-refractivity contribution < 1.29 is 4.74 Å². The predicted molar refractivity (Wildman–Crippen MR) is 90.5 cm³/mol. The first-order chi connectivity index (χ1) is 10.3. The number of hydrogen-bond donors (Lipinski definition) is 2. The van der Waals surface area contributed by atoms with Crippen molar-refractivity contribution in [3.8, 4) is 0 Å². The molecule has 1 aliphatic rings. The van der Waals surface area contributed by atoms with Gasteiger partial charge in [-0.2, -0.15) is 0 Å². The largest absolute Gasteiger partial charge is 0.380 e. The maximum Gasteiger partial charge on any atom is 0.191 e. The van der Waals surface area contributed by atoms with Crippen molar-refractivity contribution in [1.82, 2.24) is 10.6 Å². The maximum absolute atomic E-state index is 5.32. The van der Waals surface area contributed by atoms with E-state index in [0.717, 1.165) is 45.0 Å². The molecule has 1 saturated heterocycles. The van der Waals surface area contributed by atoms with Gasteiger partial charge in [0.05, 0.1) is 11.6 Å². The molecule has 0 aromatic carbocycles. The Bertz CT molecular complexity index is 413. The van der Waals surface area contributed by atoms with Crippen LogP contribution < -0.4 is 15.5 Å². The van der Waals surface area contributed by atoms with Crippen LogP contribution in [-0.2, 0) is 4.74 Å². The smallest absolute Gasteiger partial charge is 0.191 e. The lowest BCUT2D eigenvalue weighted by Crippen LogP contribution is -2.49. The number of nitrogens with zero attached hydrogens (tertiary/aromatic N) is 2. The van der Waals surface area contributed by atoms with Crippen molar-refractivity contribution in [3.05, 3.63) is 17.5 Å². The molecule has 0 spiro atoms. The first-order valence-electron chi connectivity index (χ1n) is 7.67. The molecule has 6 heteroatoms. The fourth-order valence-corrected chi connectivity index (χ4v) is 3.25. The summed E-state index contributed by atoms with van der Waals surface area (Å²) >= 11 is 1.82. The van der Waals surface area contributed by atoms with E-state index in [1.54, 1.807) is 0 Å². The minimum atomic E-state index is 0.500. The van der Waals surface area contributed by atoms with E-state index >= 15 is 0 Å². The van der Waals surface area contributed by atoms with Gasteiger partial charge < -0.3 is 20.3 Å². The molecule has 0 bridgehead atoms. The quantitative estimate of drug-likeness (QED) is 0.479. The molecule has 1 aromatic rings. The minimum Gasteiger partial charge on any atom is -0.380 e. The van der Waals surface area contributed by atoms with Crippen molar-refractivity contribution in [3.63, 3.8) is 0 Å². The molecular formula is C15H26N4OS. The summed E-state index contributed by atoms with van der Waals surface area (Å²) in [4.78, 5) is 6.74. The number of nitrogens with one attached hydrogen (secondary N) is 2. The Labute approximate surface area is 131 Å². The lowest BCUT2D eigenvalue weighted by Gasteiger charge is -2.33. The van der Waals surface area contributed by atoms with Gasteiger partial charge in [-0.15, -0.1) is 11.3 Å². The first-order valence-corrected chi connectivity index (χ1v) is 8.54. The summed E-state index contributed by atoms with van der Waals surface area (Å²) in [6.45, 7) is 6.49. The molecule has 0 aliphatic carbocycles. The lowest BCUT2D eigenvalue weighted by molar-refractivity contribution is 0.152. The second kappa shape index (κ2) is 8.89.